The average Bonchev–Trinajstić information content (AvgIpc) is 2.67. The summed E-state index contributed by atoms with van der Waals surface area (Å²) in [6.45, 7) is 2.07. The summed E-state index contributed by atoms with van der Waals surface area (Å²) in [6, 6.07) is 10.1. The van der Waals surface area contributed by atoms with Crippen molar-refractivity contribution in [3.05, 3.63) is 69.9 Å². The van der Waals surface area contributed by atoms with Crippen molar-refractivity contribution in [1.82, 2.24) is 15.2 Å². The Morgan fingerprint density at radius 3 is 2.78 bits per heavy atom. The number of aliphatic imine (C=N–C) groups is 1. The molecule has 0 aliphatic heterocycles. The Bertz CT molecular complexity index is 807. The average molecular weight is 391 g/mol. The highest BCUT2D eigenvalue weighted by Crippen LogP contribution is 2.16. The molecule has 0 radical (unpaired) electrons. The van der Waals surface area contributed by atoms with Crippen LogP contribution in [0, 0.1) is 5.82 Å². The van der Waals surface area contributed by atoms with E-state index in [9.17, 15) is 9.18 Å². The summed E-state index contributed by atoms with van der Waals surface area (Å²) in [4.78, 5) is 15.9. The highest BCUT2D eigenvalue weighted by molar-refractivity contribution is 7.97. The van der Waals surface area contributed by atoms with Crippen LogP contribution in [0.25, 0.3) is 0 Å². The van der Waals surface area contributed by atoms with Gasteiger partial charge in [0.15, 0.2) is 5.96 Å². The lowest BCUT2D eigenvalue weighted by molar-refractivity contribution is 0.585. The van der Waals surface area contributed by atoms with Gasteiger partial charge >= 0.3 is 0 Å². The van der Waals surface area contributed by atoms with Gasteiger partial charge in [0.25, 0.3) is 0 Å². The van der Waals surface area contributed by atoms with Crippen molar-refractivity contribution < 1.29 is 4.39 Å². The maximum Gasteiger partial charge on any atom is 0.250 e. The number of nitrogens with zero attached hydrogens (tertiary/aromatic N) is 2. The predicted octanol–water partition coefficient (Wildman–Crippen LogP) is 3.00. The quantitative estimate of drug-likeness (QED) is 0.393. The fraction of sp³-hybridized carbons (Fsp3) is 0.400. The van der Waals surface area contributed by atoms with Gasteiger partial charge in [0.1, 0.15) is 5.82 Å². The van der Waals surface area contributed by atoms with E-state index in [1.807, 2.05) is 24.6 Å². The Morgan fingerprint density at radius 1 is 1.19 bits per heavy atom. The molecular formula is C20H27FN4OS. The molecule has 1 aromatic heterocycles. The number of rotatable bonds is 9. The van der Waals surface area contributed by atoms with Crippen molar-refractivity contribution in [2.45, 2.75) is 31.7 Å². The molecule has 0 spiro atoms. The van der Waals surface area contributed by atoms with Gasteiger partial charge in [-0.05, 0) is 48.4 Å². The number of pyridine rings is 1. The predicted molar refractivity (Wildman–Crippen MR) is 112 cm³/mol. The Hall–Kier alpha value is -2.28. The highest BCUT2D eigenvalue weighted by Gasteiger charge is 2.05. The summed E-state index contributed by atoms with van der Waals surface area (Å²) in [5, 5.41) is 6.55. The molecule has 27 heavy (non-hydrogen) atoms. The van der Waals surface area contributed by atoms with Crippen LogP contribution in [0.1, 0.15) is 24.0 Å². The molecule has 1 aromatic carbocycles. The van der Waals surface area contributed by atoms with Gasteiger partial charge in [0, 0.05) is 44.7 Å². The number of guanidine groups is 1. The molecule has 0 saturated carbocycles. The lowest BCUT2D eigenvalue weighted by atomic mass is 10.1. The maximum atomic E-state index is 13.4. The largest absolute Gasteiger partial charge is 0.356 e. The Balaban J connectivity index is 1.75. The van der Waals surface area contributed by atoms with E-state index in [0.717, 1.165) is 36.3 Å². The van der Waals surface area contributed by atoms with Crippen LogP contribution in [0.2, 0.25) is 0 Å². The Morgan fingerprint density at radius 2 is 2.04 bits per heavy atom. The number of aromatic nitrogens is 1. The van der Waals surface area contributed by atoms with Crippen molar-refractivity contribution in [3.8, 4) is 0 Å². The second-order valence-corrected chi connectivity index (χ2v) is 7.00. The van der Waals surface area contributed by atoms with Gasteiger partial charge in [-0.2, -0.15) is 11.8 Å². The number of benzene rings is 1. The lowest BCUT2D eigenvalue weighted by Gasteiger charge is -2.14. The van der Waals surface area contributed by atoms with Gasteiger partial charge in [-0.1, -0.05) is 12.1 Å². The zero-order valence-corrected chi connectivity index (χ0v) is 16.7. The van der Waals surface area contributed by atoms with Crippen LogP contribution >= 0.6 is 11.8 Å². The van der Waals surface area contributed by atoms with Crippen LogP contribution in [0.15, 0.2) is 52.4 Å². The van der Waals surface area contributed by atoms with Crippen LogP contribution in [-0.4, -0.2) is 30.4 Å². The number of thioether (sulfide) groups is 1. The summed E-state index contributed by atoms with van der Waals surface area (Å²) in [5.74, 6) is 1.29. The number of nitrogens with one attached hydrogen (secondary N) is 2. The van der Waals surface area contributed by atoms with Crippen molar-refractivity contribution in [1.29, 1.82) is 0 Å². The van der Waals surface area contributed by atoms with Crippen LogP contribution in [-0.2, 0) is 18.8 Å². The molecule has 146 valence electrons. The number of aryl methyl sites for hydroxylation is 1. The topological polar surface area (TPSA) is 58.4 Å². The zero-order valence-electron chi connectivity index (χ0n) is 15.9. The first-order valence-electron chi connectivity index (χ1n) is 9.00. The lowest BCUT2D eigenvalue weighted by Crippen LogP contribution is -2.37. The molecule has 7 heteroatoms. The minimum atomic E-state index is -0.206. The van der Waals surface area contributed by atoms with Gasteiger partial charge < -0.3 is 15.2 Å². The summed E-state index contributed by atoms with van der Waals surface area (Å²) in [5.41, 5.74) is 2.10. The number of hydrogen-bond donors (Lipinski definition) is 2. The second-order valence-electron chi connectivity index (χ2n) is 6.14. The molecule has 0 aliphatic carbocycles. The van der Waals surface area contributed by atoms with E-state index in [2.05, 4.69) is 15.6 Å². The molecule has 1 heterocycles. The Kier molecular flexibility index (Phi) is 8.91. The minimum absolute atomic E-state index is 0.0308. The van der Waals surface area contributed by atoms with Crippen LogP contribution in [0.3, 0.4) is 0 Å². The summed E-state index contributed by atoms with van der Waals surface area (Å²) in [6.07, 6.45) is 5.65. The van der Waals surface area contributed by atoms with E-state index in [0.29, 0.717) is 19.0 Å². The van der Waals surface area contributed by atoms with Gasteiger partial charge in [-0.3, -0.25) is 9.79 Å². The fourth-order valence-corrected chi connectivity index (χ4v) is 3.30. The first-order valence-corrected chi connectivity index (χ1v) is 10.4. The minimum Gasteiger partial charge on any atom is -0.356 e. The van der Waals surface area contributed by atoms with Gasteiger partial charge in [0.05, 0.1) is 0 Å². The van der Waals surface area contributed by atoms with E-state index in [1.165, 1.54) is 6.07 Å². The first-order chi connectivity index (χ1) is 13.1. The summed E-state index contributed by atoms with van der Waals surface area (Å²) < 4.78 is 15.2. The summed E-state index contributed by atoms with van der Waals surface area (Å²) in [7, 11) is 1.73. The van der Waals surface area contributed by atoms with Crippen molar-refractivity contribution in [3.63, 3.8) is 0 Å². The number of hydrogen-bond acceptors (Lipinski definition) is 3. The van der Waals surface area contributed by atoms with Crippen molar-refractivity contribution >= 4 is 17.7 Å². The maximum absolute atomic E-state index is 13.4. The molecule has 0 saturated heterocycles. The molecular weight excluding hydrogens is 363 g/mol. The van der Waals surface area contributed by atoms with Crippen molar-refractivity contribution in [2.24, 2.45) is 4.99 Å². The molecule has 0 unspecified atom stereocenters. The van der Waals surface area contributed by atoms with Crippen LogP contribution in [0.5, 0.6) is 0 Å². The van der Waals surface area contributed by atoms with E-state index >= 15 is 0 Å². The molecule has 2 N–H and O–H groups in total. The van der Waals surface area contributed by atoms with E-state index in [-0.39, 0.29) is 11.4 Å². The van der Waals surface area contributed by atoms with Crippen LogP contribution in [0.4, 0.5) is 4.39 Å². The highest BCUT2D eigenvalue weighted by atomic mass is 32.2. The van der Waals surface area contributed by atoms with Gasteiger partial charge in [0.2, 0.25) is 5.56 Å². The SMILES string of the molecule is CN=C(NCCCCn1ccccc1=O)NCc1ccc(F)cc1CSC. The molecule has 0 fully saturated rings. The van der Waals surface area contributed by atoms with E-state index in [4.69, 9.17) is 0 Å². The Labute approximate surface area is 164 Å². The smallest absolute Gasteiger partial charge is 0.250 e. The zero-order chi connectivity index (χ0) is 19.5. The van der Waals surface area contributed by atoms with E-state index in [1.54, 1.807) is 41.6 Å². The van der Waals surface area contributed by atoms with Crippen LogP contribution < -0.4 is 16.2 Å². The number of halogens is 1. The molecule has 2 rings (SSSR count). The third-order valence-electron chi connectivity index (χ3n) is 4.16. The van der Waals surface area contributed by atoms with E-state index < -0.39 is 0 Å². The molecule has 0 atom stereocenters. The van der Waals surface area contributed by atoms with Crippen molar-refractivity contribution in [2.75, 3.05) is 19.8 Å². The molecule has 0 bridgehead atoms. The normalized spacial score (nSPS) is 11.4. The van der Waals surface area contributed by atoms with Gasteiger partial charge in [-0.25, -0.2) is 4.39 Å². The fourth-order valence-electron chi connectivity index (χ4n) is 2.72. The number of unbranched alkanes of at least 4 members (excludes halogenated alkanes) is 1. The third kappa shape index (κ3) is 7.09. The standard InChI is InChI=1S/C20H27FN4OS/c1-22-20(23-10-4-6-12-25-11-5-3-7-19(25)26)24-14-16-8-9-18(21)13-17(16)15-27-2/h3,5,7-9,11,13H,4,6,10,12,14-15H2,1-2H3,(H2,22,23,24). The molecule has 0 aliphatic rings. The molecule has 2 aromatic rings. The monoisotopic (exact) mass is 390 g/mol. The summed E-state index contributed by atoms with van der Waals surface area (Å²) >= 11 is 1.67. The molecule has 0 amide bonds. The second kappa shape index (κ2) is 11.4. The third-order valence-corrected chi connectivity index (χ3v) is 4.75. The van der Waals surface area contributed by atoms with Gasteiger partial charge in [-0.15, -0.1) is 0 Å². The first kappa shape index (κ1) is 21.0. The molecule has 5 nitrogen and oxygen atoms in total.